The van der Waals surface area contributed by atoms with Crippen LogP contribution >= 0.6 is 0 Å². The van der Waals surface area contributed by atoms with E-state index in [-0.39, 0.29) is 5.41 Å². The summed E-state index contributed by atoms with van der Waals surface area (Å²) >= 11 is 0. The zero-order valence-corrected chi connectivity index (χ0v) is 12.6. The lowest BCUT2D eigenvalue weighted by Crippen LogP contribution is -2.31. The number of aromatic nitrogens is 2. The van der Waals surface area contributed by atoms with Gasteiger partial charge in [-0.25, -0.2) is 9.97 Å². The number of rotatable bonds is 4. The van der Waals surface area contributed by atoms with Gasteiger partial charge in [0.15, 0.2) is 0 Å². The topological polar surface area (TPSA) is 49.8 Å². The Kier molecular flexibility index (Phi) is 4.54. The molecule has 1 unspecified atom stereocenters. The van der Waals surface area contributed by atoms with Crippen molar-refractivity contribution in [3.8, 4) is 0 Å². The standard InChI is InChI=1S/C14H26N4/c1-9(2)13-17-11(15-7)8-12(18-13)16-10(3)14(4,5)6/h8-10H,1-7H3,(H2,15,16,17,18). The normalized spacial score (nSPS) is 13.6. The molecule has 0 amide bonds. The molecule has 0 aromatic carbocycles. The van der Waals surface area contributed by atoms with Gasteiger partial charge in [-0.05, 0) is 12.3 Å². The molecule has 4 nitrogen and oxygen atoms in total. The van der Waals surface area contributed by atoms with Crippen LogP contribution in [0.15, 0.2) is 6.07 Å². The Morgan fingerprint density at radius 3 is 2.06 bits per heavy atom. The Hall–Kier alpha value is -1.32. The highest BCUT2D eigenvalue weighted by atomic mass is 15.1. The first-order valence-corrected chi connectivity index (χ1v) is 6.57. The zero-order valence-electron chi connectivity index (χ0n) is 12.6. The van der Waals surface area contributed by atoms with Crippen molar-refractivity contribution in [2.75, 3.05) is 17.7 Å². The lowest BCUT2D eigenvalue weighted by Gasteiger charge is -2.28. The van der Waals surface area contributed by atoms with Gasteiger partial charge in [0.2, 0.25) is 0 Å². The van der Waals surface area contributed by atoms with E-state index in [1.807, 2.05) is 13.1 Å². The van der Waals surface area contributed by atoms with Crippen LogP contribution in [0.2, 0.25) is 0 Å². The second-order valence-corrected chi connectivity index (χ2v) is 6.13. The molecule has 0 aliphatic heterocycles. The summed E-state index contributed by atoms with van der Waals surface area (Å²) in [4.78, 5) is 9.03. The second kappa shape index (κ2) is 5.55. The fourth-order valence-electron chi connectivity index (χ4n) is 1.36. The average molecular weight is 250 g/mol. The largest absolute Gasteiger partial charge is 0.373 e. The molecule has 1 heterocycles. The molecule has 0 bridgehead atoms. The van der Waals surface area contributed by atoms with Crippen LogP contribution in [0, 0.1) is 5.41 Å². The summed E-state index contributed by atoms with van der Waals surface area (Å²) in [5.74, 6) is 2.94. The Labute approximate surface area is 111 Å². The van der Waals surface area contributed by atoms with Gasteiger partial charge in [-0.1, -0.05) is 34.6 Å². The molecule has 0 saturated heterocycles. The van der Waals surface area contributed by atoms with E-state index in [2.05, 4.69) is 62.1 Å². The van der Waals surface area contributed by atoms with Gasteiger partial charge in [0.05, 0.1) is 0 Å². The van der Waals surface area contributed by atoms with Crippen LogP contribution in [0.5, 0.6) is 0 Å². The first kappa shape index (κ1) is 14.7. The third-order valence-electron chi connectivity index (χ3n) is 3.18. The molecule has 1 atom stereocenters. The quantitative estimate of drug-likeness (QED) is 0.859. The van der Waals surface area contributed by atoms with Gasteiger partial charge in [0.25, 0.3) is 0 Å². The van der Waals surface area contributed by atoms with Crippen LogP contribution in [-0.4, -0.2) is 23.1 Å². The first-order valence-electron chi connectivity index (χ1n) is 6.57. The van der Waals surface area contributed by atoms with E-state index in [0.717, 1.165) is 17.5 Å². The molecular formula is C14H26N4. The highest BCUT2D eigenvalue weighted by Gasteiger charge is 2.20. The number of hydrogen-bond acceptors (Lipinski definition) is 4. The Balaban J connectivity index is 2.98. The van der Waals surface area contributed by atoms with E-state index in [9.17, 15) is 0 Å². The van der Waals surface area contributed by atoms with Gasteiger partial charge in [-0.15, -0.1) is 0 Å². The molecule has 102 valence electrons. The van der Waals surface area contributed by atoms with Crippen molar-refractivity contribution in [1.82, 2.24) is 9.97 Å². The molecule has 2 N–H and O–H groups in total. The third-order valence-corrected chi connectivity index (χ3v) is 3.18. The Bertz CT molecular complexity index is 393. The van der Waals surface area contributed by atoms with Gasteiger partial charge in [-0.3, -0.25) is 0 Å². The van der Waals surface area contributed by atoms with Crippen molar-refractivity contribution in [3.63, 3.8) is 0 Å². The molecule has 1 aromatic heterocycles. The molecule has 4 heteroatoms. The minimum Gasteiger partial charge on any atom is -0.373 e. The van der Waals surface area contributed by atoms with E-state index >= 15 is 0 Å². The van der Waals surface area contributed by atoms with E-state index in [4.69, 9.17) is 0 Å². The summed E-state index contributed by atoms with van der Waals surface area (Å²) < 4.78 is 0. The maximum absolute atomic E-state index is 4.57. The van der Waals surface area contributed by atoms with Crippen molar-refractivity contribution < 1.29 is 0 Å². The average Bonchev–Trinajstić information content (AvgIpc) is 2.27. The molecule has 1 aromatic rings. The van der Waals surface area contributed by atoms with Gasteiger partial charge < -0.3 is 10.6 Å². The molecule has 0 saturated carbocycles. The number of nitrogens with zero attached hydrogens (tertiary/aromatic N) is 2. The molecule has 0 radical (unpaired) electrons. The number of anilines is 2. The van der Waals surface area contributed by atoms with Gasteiger partial charge in [0.1, 0.15) is 17.5 Å². The van der Waals surface area contributed by atoms with E-state index < -0.39 is 0 Å². The molecular weight excluding hydrogens is 224 g/mol. The van der Waals surface area contributed by atoms with Crippen LogP contribution in [0.4, 0.5) is 11.6 Å². The minimum atomic E-state index is 0.197. The molecule has 0 aliphatic carbocycles. The molecule has 1 rings (SSSR count). The summed E-state index contributed by atoms with van der Waals surface area (Å²) in [5, 5.41) is 6.54. The lowest BCUT2D eigenvalue weighted by molar-refractivity contribution is 0.358. The summed E-state index contributed by atoms with van der Waals surface area (Å²) in [5.41, 5.74) is 0.197. The van der Waals surface area contributed by atoms with E-state index in [1.165, 1.54) is 0 Å². The smallest absolute Gasteiger partial charge is 0.135 e. The van der Waals surface area contributed by atoms with Crippen molar-refractivity contribution in [1.29, 1.82) is 0 Å². The van der Waals surface area contributed by atoms with Crippen molar-refractivity contribution in [3.05, 3.63) is 11.9 Å². The van der Waals surface area contributed by atoms with E-state index in [0.29, 0.717) is 12.0 Å². The van der Waals surface area contributed by atoms with Crippen LogP contribution in [0.25, 0.3) is 0 Å². The summed E-state index contributed by atoms with van der Waals surface area (Å²) in [6.45, 7) is 13.0. The fourth-order valence-corrected chi connectivity index (χ4v) is 1.36. The Morgan fingerprint density at radius 2 is 1.61 bits per heavy atom. The summed E-state index contributed by atoms with van der Waals surface area (Å²) in [6.07, 6.45) is 0. The van der Waals surface area contributed by atoms with Crippen molar-refractivity contribution >= 4 is 11.6 Å². The first-order chi connectivity index (χ1) is 8.24. The zero-order chi connectivity index (χ0) is 13.9. The second-order valence-electron chi connectivity index (χ2n) is 6.13. The highest BCUT2D eigenvalue weighted by molar-refractivity contribution is 5.48. The predicted octanol–water partition coefficient (Wildman–Crippen LogP) is 3.49. The van der Waals surface area contributed by atoms with Crippen LogP contribution < -0.4 is 10.6 Å². The molecule has 0 aliphatic rings. The SMILES string of the molecule is CNc1cc(NC(C)C(C)(C)C)nc(C(C)C)n1. The molecule has 0 fully saturated rings. The van der Waals surface area contributed by atoms with Gasteiger partial charge in [-0.2, -0.15) is 0 Å². The van der Waals surface area contributed by atoms with Crippen LogP contribution in [-0.2, 0) is 0 Å². The summed E-state index contributed by atoms with van der Waals surface area (Å²) in [6, 6.07) is 2.30. The molecule has 18 heavy (non-hydrogen) atoms. The molecule has 0 spiro atoms. The lowest BCUT2D eigenvalue weighted by atomic mass is 9.88. The van der Waals surface area contributed by atoms with Gasteiger partial charge >= 0.3 is 0 Å². The third kappa shape index (κ3) is 3.86. The minimum absolute atomic E-state index is 0.197. The maximum Gasteiger partial charge on any atom is 0.135 e. The van der Waals surface area contributed by atoms with Gasteiger partial charge in [0, 0.05) is 25.1 Å². The number of nitrogens with one attached hydrogen (secondary N) is 2. The number of hydrogen-bond donors (Lipinski definition) is 2. The maximum atomic E-state index is 4.57. The highest BCUT2D eigenvalue weighted by Crippen LogP contribution is 2.23. The fraction of sp³-hybridized carbons (Fsp3) is 0.714. The monoisotopic (exact) mass is 250 g/mol. The Morgan fingerprint density at radius 1 is 1.06 bits per heavy atom. The predicted molar refractivity (Wildman–Crippen MR) is 78.2 cm³/mol. The van der Waals surface area contributed by atoms with Crippen molar-refractivity contribution in [2.24, 2.45) is 5.41 Å². The van der Waals surface area contributed by atoms with Crippen molar-refractivity contribution in [2.45, 2.75) is 53.5 Å². The van der Waals surface area contributed by atoms with E-state index in [1.54, 1.807) is 0 Å². The summed E-state index contributed by atoms with van der Waals surface area (Å²) in [7, 11) is 1.88. The van der Waals surface area contributed by atoms with Crippen LogP contribution in [0.1, 0.15) is 53.3 Å². The van der Waals surface area contributed by atoms with Crippen LogP contribution in [0.3, 0.4) is 0 Å².